The van der Waals surface area contributed by atoms with E-state index in [-0.39, 0.29) is 12.4 Å². The molecule has 0 saturated heterocycles. The van der Waals surface area contributed by atoms with Crippen LogP contribution < -0.4 is 0 Å². The molecule has 0 bridgehead atoms. The van der Waals surface area contributed by atoms with Gasteiger partial charge in [0.1, 0.15) is 6.54 Å². The maximum atomic E-state index is 11.1. The third-order valence-corrected chi connectivity index (χ3v) is 3.32. The quantitative estimate of drug-likeness (QED) is 0.648. The molecule has 118 valence electrons. The SMILES string of the molecule is COC(=O)CCc1nc(Cn2cc(-c3ccccc3)cn2)no1. The summed E-state index contributed by atoms with van der Waals surface area (Å²) in [6, 6.07) is 10.0. The van der Waals surface area contributed by atoms with Crippen molar-refractivity contribution in [3.63, 3.8) is 0 Å². The molecular formula is C16H16N4O3. The number of methoxy groups -OCH3 is 1. The first-order valence-electron chi connectivity index (χ1n) is 7.21. The number of aromatic nitrogens is 4. The van der Waals surface area contributed by atoms with Crippen molar-refractivity contribution in [3.8, 4) is 11.1 Å². The van der Waals surface area contributed by atoms with Crippen LogP contribution in [0, 0.1) is 0 Å². The van der Waals surface area contributed by atoms with E-state index in [1.165, 1.54) is 7.11 Å². The van der Waals surface area contributed by atoms with E-state index < -0.39 is 0 Å². The van der Waals surface area contributed by atoms with Crippen LogP contribution in [0.25, 0.3) is 11.1 Å². The third-order valence-electron chi connectivity index (χ3n) is 3.32. The van der Waals surface area contributed by atoms with Gasteiger partial charge in [0.15, 0.2) is 5.82 Å². The van der Waals surface area contributed by atoms with Gasteiger partial charge in [-0.3, -0.25) is 9.48 Å². The van der Waals surface area contributed by atoms with Crippen LogP contribution in [0.4, 0.5) is 0 Å². The highest BCUT2D eigenvalue weighted by atomic mass is 16.5. The Balaban J connectivity index is 1.63. The van der Waals surface area contributed by atoms with Gasteiger partial charge in [-0.05, 0) is 5.56 Å². The number of rotatable bonds is 6. The summed E-state index contributed by atoms with van der Waals surface area (Å²) in [5.74, 6) is 0.637. The second-order valence-corrected chi connectivity index (χ2v) is 4.97. The fourth-order valence-electron chi connectivity index (χ4n) is 2.14. The van der Waals surface area contributed by atoms with Gasteiger partial charge in [0, 0.05) is 18.2 Å². The lowest BCUT2D eigenvalue weighted by Crippen LogP contribution is -2.03. The first-order chi connectivity index (χ1) is 11.2. The average molecular weight is 312 g/mol. The van der Waals surface area contributed by atoms with Crippen LogP contribution in [-0.4, -0.2) is 33.0 Å². The number of hydrogen-bond donors (Lipinski definition) is 0. The normalized spacial score (nSPS) is 10.7. The fourth-order valence-corrected chi connectivity index (χ4v) is 2.14. The minimum absolute atomic E-state index is 0.220. The van der Waals surface area contributed by atoms with Crippen molar-refractivity contribution in [1.82, 2.24) is 19.9 Å². The molecule has 3 rings (SSSR count). The van der Waals surface area contributed by atoms with Gasteiger partial charge < -0.3 is 9.26 Å². The summed E-state index contributed by atoms with van der Waals surface area (Å²) >= 11 is 0. The molecule has 0 spiro atoms. The van der Waals surface area contributed by atoms with Gasteiger partial charge in [0.25, 0.3) is 0 Å². The smallest absolute Gasteiger partial charge is 0.306 e. The molecule has 7 heteroatoms. The summed E-state index contributed by atoms with van der Waals surface area (Å²) in [6.07, 6.45) is 4.32. The highest BCUT2D eigenvalue weighted by Crippen LogP contribution is 2.17. The Morgan fingerprint density at radius 3 is 2.87 bits per heavy atom. The Morgan fingerprint density at radius 1 is 1.26 bits per heavy atom. The van der Waals surface area contributed by atoms with Gasteiger partial charge in [-0.2, -0.15) is 10.1 Å². The first-order valence-corrected chi connectivity index (χ1v) is 7.21. The van der Waals surface area contributed by atoms with E-state index in [0.717, 1.165) is 11.1 Å². The molecule has 23 heavy (non-hydrogen) atoms. The molecule has 0 saturated carbocycles. The zero-order valence-electron chi connectivity index (χ0n) is 12.7. The fraction of sp³-hybridized carbons (Fsp3) is 0.250. The van der Waals surface area contributed by atoms with E-state index in [4.69, 9.17) is 4.52 Å². The van der Waals surface area contributed by atoms with Crippen molar-refractivity contribution in [2.75, 3.05) is 7.11 Å². The Bertz CT molecular complexity index is 779. The lowest BCUT2D eigenvalue weighted by atomic mass is 10.1. The van der Waals surface area contributed by atoms with Crippen LogP contribution in [-0.2, 0) is 22.5 Å². The number of hydrogen-bond acceptors (Lipinski definition) is 6. The highest BCUT2D eigenvalue weighted by molar-refractivity contribution is 5.69. The second-order valence-electron chi connectivity index (χ2n) is 4.97. The largest absolute Gasteiger partial charge is 0.469 e. The van der Waals surface area contributed by atoms with Crippen molar-refractivity contribution < 1.29 is 14.1 Å². The number of aryl methyl sites for hydroxylation is 1. The average Bonchev–Trinajstić information content (AvgIpc) is 3.23. The van der Waals surface area contributed by atoms with Crippen LogP contribution in [0.3, 0.4) is 0 Å². The van der Waals surface area contributed by atoms with Crippen molar-refractivity contribution in [2.45, 2.75) is 19.4 Å². The number of nitrogens with zero attached hydrogens (tertiary/aromatic N) is 4. The maximum absolute atomic E-state index is 11.1. The number of carbonyl (C=O) groups excluding carboxylic acids is 1. The van der Waals surface area contributed by atoms with Crippen LogP contribution in [0.5, 0.6) is 0 Å². The molecule has 7 nitrogen and oxygen atoms in total. The monoisotopic (exact) mass is 312 g/mol. The maximum Gasteiger partial charge on any atom is 0.306 e. The van der Waals surface area contributed by atoms with E-state index in [1.807, 2.05) is 36.5 Å². The van der Waals surface area contributed by atoms with E-state index in [1.54, 1.807) is 10.9 Å². The molecule has 0 radical (unpaired) electrons. The van der Waals surface area contributed by atoms with Crippen LogP contribution >= 0.6 is 0 Å². The molecule has 1 aromatic carbocycles. The third kappa shape index (κ3) is 3.82. The summed E-state index contributed by atoms with van der Waals surface area (Å²) < 4.78 is 11.4. The highest BCUT2D eigenvalue weighted by Gasteiger charge is 2.10. The zero-order chi connectivity index (χ0) is 16.1. The lowest BCUT2D eigenvalue weighted by Gasteiger charge is -1.96. The molecule has 0 aliphatic carbocycles. The van der Waals surface area contributed by atoms with E-state index in [2.05, 4.69) is 20.0 Å². The van der Waals surface area contributed by atoms with Crippen molar-refractivity contribution >= 4 is 5.97 Å². The summed E-state index contributed by atoms with van der Waals surface area (Å²) in [4.78, 5) is 15.3. The van der Waals surface area contributed by atoms with E-state index in [9.17, 15) is 4.79 Å². The molecule has 0 atom stereocenters. The minimum Gasteiger partial charge on any atom is -0.469 e. The Hall–Kier alpha value is -2.96. The van der Waals surface area contributed by atoms with Gasteiger partial charge in [0.2, 0.25) is 5.89 Å². The number of ether oxygens (including phenoxy) is 1. The predicted molar refractivity (Wildman–Crippen MR) is 81.4 cm³/mol. The van der Waals surface area contributed by atoms with Gasteiger partial charge in [-0.1, -0.05) is 35.5 Å². The van der Waals surface area contributed by atoms with E-state index in [0.29, 0.717) is 24.7 Å². The van der Waals surface area contributed by atoms with E-state index >= 15 is 0 Å². The molecular weight excluding hydrogens is 296 g/mol. The molecule has 0 aliphatic rings. The second kappa shape index (κ2) is 6.87. The van der Waals surface area contributed by atoms with Crippen molar-refractivity contribution in [3.05, 3.63) is 54.4 Å². The summed E-state index contributed by atoms with van der Waals surface area (Å²) in [5.41, 5.74) is 2.13. The van der Waals surface area contributed by atoms with Crippen molar-refractivity contribution in [2.24, 2.45) is 0 Å². The lowest BCUT2D eigenvalue weighted by molar-refractivity contribution is -0.140. The first kappa shape index (κ1) is 15.0. The summed E-state index contributed by atoms with van der Waals surface area (Å²) in [7, 11) is 1.35. The Labute approximate surface area is 132 Å². The van der Waals surface area contributed by atoms with Crippen LogP contribution in [0.2, 0.25) is 0 Å². The molecule has 2 aromatic heterocycles. The summed E-state index contributed by atoms with van der Waals surface area (Å²) in [6.45, 7) is 0.411. The Morgan fingerprint density at radius 2 is 2.09 bits per heavy atom. The van der Waals surface area contributed by atoms with Gasteiger partial charge in [-0.25, -0.2) is 0 Å². The summed E-state index contributed by atoms with van der Waals surface area (Å²) in [5, 5.41) is 8.20. The molecule has 0 unspecified atom stereocenters. The molecule has 2 heterocycles. The molecule has 0 aliphatic heterocycles. The predicted octanol–water partition coefficient (Wildman–Crippen LogP) is 2.09. The van der Waals surface area contributed by atoms with Crippen LogP contribution in [0.1, 0.15) is 18.1 Å². The molecule has 0 amide bonds. The van der Waals surface area contributed by atoms with Gasteiger partial charge in [-0.15, -0.1) is 0 Å². The van der Waals surface area contributed by atoms with Gasteiger partial charge in [0.05, 0.1) is 19.7 Å². The van der Waals surface area contributed by atoms with Crippen molar-refractivity contribution in [1.29, 1.82) is 0 Å². The van der Waals surface area contributed by atoms with Crippen LogP contribution in [0.15, 0.2) is 47.2 Å². The standard InChI is InChI=1S/C16H16N4O3/c1-22-16(21)8-7-15-18-14(19-23-15)11-20-10-13(9-17-20)12-5-3-2-4-6-12/h2-6,9-10H,7-8,11H2,1H3. The topological polar surface area (TPSA) is 83.0 Å². The molecule has 0 N–H and O–H groups in total. The zero-order valence-corrected chi connectivity index (χ0v) is 12.7. The minimum atomic E-state index is -0.302. The number of benzene rings is 1. The molecule has 0 fully saturated rings. The number of esters is 1. The van der Waals surface area contributed by atoms with Gasteiger partial charge >= 0.3 is 5.97 Å². The number of carbonyl (C=O) groups is 1. The molecule has 3 aromatic rings. The Kier molecular flexibility index (Phi) is 4.46.